The maximum absolute atomic E-state index is 11.9. The molecule has 0 radical (unpaired) electrons. The van der Waals surface area contributed by atoms with Gasteiger partial charge in [-0.05, 0) is 12.1 Å². The van der Waals surface area contributed by atoms with Crippen LogP contribution in [0.2, 0.25) is 5.02 Å². The molecule has 1 heterocycles. The average molecular weight is 252 g/mol. The molecule has 0 bridgehead atoms. The molecule has 1 aromatic heterocycles. The van der Waals surface area contributed by atoms with E-state index in [1.807, 2.05) is 0 Å². The molecule has 17 heavy (non-hydrogen) atoms. The van der Waals surface area contributed by atoms with Crippen LogP contribution in [0.25, 0.3) is 0 Å². The molecule has 0 aliphatic rings. The standard InChI is InChI=1S/C10H6ClN3O3/c11-9-3-2-7(14(16)17)6-8(9)10(15)13-5-1-4-12-13/h1-6H. The van der Waals surface area contributed by atoms with Crippen LogP contribution in [0.3, 0.4) is 0 Å². The molecule has 0 saturated heterocycles. The minimum absolute atomic E-state index is 0.0459. The predicted octanol–water partition coefficient (Wildman–Crippen LogP) is 2.13. The van der Waals surface area contributed by atoms with Gasteiger partial charge in [0.05, 0.1) is 15.5 Å². The number of carbonyl (C=O) groups is 1. The van der Waals surface area contributed by atoms with Crippen LogP contribution >= 0.6 is 11.6 Å². The maximum atomic E-state index is 11.9. The SMILES string of the molecule is O=C(c1cc([N+](=O)[O-])ccc1Cl)n1cccn1. The Bertz CT molecular complexity index is 580. The number of nitro groups is 1. The lowest BCUT2D eigenvalue weighted by Gasteiger charge is -2.02. The fourth-order valence-corrected chi connectivity index (χ4v) is 1.50. The van der Waals surface area contributed by atoms with Gasteiger partial charge >= 0.3 is 0 Å². The van der Waals surface area contributed by atoms with Gasteiger partial charge in [0.1, 0.15) is 0 Å². The highest BCUT2D eigenvalue weighted by molar-refractivity contribution is 6.34. The van der Waals surface area contributed by atoms with Crippen LogP contribution < -0.4 is 0 Å². The van der Waals surface area contributed by atoms with Crippen molar-refractivity contribution < 1.29 is 9.72 Å². The summed E-state index contributed by atoms with van der Waals surface area (Å²) in [5.41, 5.74) is -0.144. The second-order valence-corrected chi connectivity index (χ2v) is 3.58. The largest absolute Gasteiger partial charge is 0.279 e. The molecule has 0 spiro atoms. The first-order valence-electron chi connectivity index (χ1n) is 4.58. The van der Waals surface area contributed by atoms with Crippen LogP contribution in [0.15, 0.2) is 36.7 Å². The Balaban J connectivity index is 2.48. The number of hydrogen-bond acceptors (Lipinski definition) is 4. The molecule has 0 aliphatic carbocycles. The number of nitrogens with zero attached hydrogens (tertiary/aromatic N) is 3. The number of halogens is 1. The maximum Gasteiger partial charge on any atom is 0.279 e. The summed E-state index contributed by atoms with van der Waals surface area (Å²) in [4.78, 5) is 21.9. The highest BCUT2D eigenvalue weighted by Gasteiger charge is 2.17. The first kappa shape index (κ1) is 11.3. The van der Waals surface area contributed by atoms with Crippen molar-refractivity contribution in [3.05, 3.63) is 57.4 Å². The lowest BCUT2D eigenvalue weighted by Crippen LogP contribution is -2.13. The Hall–Kier alpha value is -2.21. The van der Waals surface area contributed by atoms with Crippen molar-refractivity contribution in [1.82, 2.24) is 9.78 Å². The third kappa shape index (κ3) is 2.16. The van der Waals surface area contributed by atoms with Gasteiger partial charge in [-0.2, -0.15) is 5.10 Å². The molecular weight excluding hydrogens is 246 g/mol. The molecule has 0 aliphatic heterocycles. The van der Waals surface area contributed by atoms with Gasteiger partial charge in [-0.25, -0.2) is 4.68 Å². The second-order valence-electron chi connectivity index (χ2n) is 3.18. The van der Waals surface area contributed by atoms with Crippen molar-refractivity contribution in [2.24, 2.45) is 0 Å². The zero-order valence-corrected chi connectivity index (χ0v) is 9.16. The van der Waals surface area contributed by atoms with Crippen molar-refractivity contribution in [3.63, 3.8) is 0 Å². The van der Waals surface area contributed by atoms with E-state index in [4.69, 9.17) is 11.6 Å². The Kier molecular flexibility index (Phi) is 2.88. The lowest BCUT2D eigenvalue weighted by atomic mass is 10.2. The van der Waals surface area contributed by atoms with Gasteiger partial charge in [-0.15, -0.1) is 0 Å². The van der Waals surface area contributed by atoms with Gasteiger partial charge in [0.2, 0.25) is 0 Å². The van der Waals surface area contributed by atoms with Crippen LogP contribution in [0.1, 0.15) is 10.4 Å². The zero-order chi connectivity index (χ0) is 12.4. The van der Waals surface area contributed by atoms with Crippen molar-refractivity contribution in [2.45, 2.75) is 0 Å². The van der Waals surface area contributed by atoms with Crippen molar-refractivity contribution in [2.75, 3.05) is 0 Å². The molecule has 7 heteroatoms. The summed E-state index contributed by atoms with van der Waals surface area (Å²) in [5.74, 6) is -0.510. The number of aromatic nitrogens is 2. The normalized spacial score (nSPS) is 10.2. The highest BCUT2D eigenvalue weighted by Crippen LogP contribution is 2.22. The number of non-ortho nitro benzene ring substituents is 1. The average Bonchev–Trinajstić information content (AvgIpc) is 2.81. The molecule has 1 aromatic carbocycles. The van der Waals surface area contributed by atoms with E-state index in [1.54, 1.807) is 6.07 Å². The van der Waals surface area contributed by atoms with Crippen LogP contribution in [0.4, 0.5) is 5.69 Å². The van der Waals surface area contributed by atoms with Gasteiger partial charge in [0, 0.05) is 24.5 Å². The Morgan fingerprint density at radius 3 is 2.82 bits per heavy atom. The summed E-state index contributed by atoms with van der Waals surface area (Å²) >= 11 is 5.83. The fraction of sp³-hybridized carbons (Fsp3) is 0. The summed E-state index contributed by atoms with van der Waals surface area (Å²) in [6.45, 7) is 0. The van der Waals surface area contributed by atoms with Crippen molar-refractivity contribution in [1.29, 1.82) is 0 Å². The molecule has 0 unspecified atom stereocenters. The van der Waals surface area contributed by atoms with E-state index in [2.05, 4.69) is 5.10 Å². The predicted molar refractivity (Wildman–Crippen MR) is 60.1 cm³/mol. The number of hydrogen-bond donors (Lipinski definition) is 0. The third-order valence-electron chi connectivity index (χ3n) is 2.10. The summed E-state index contributed by atoms with van der Waals surface area (Å²) in [6, 6.07) is 5.26. The molecule has 0 atom stereocenters. The minimum atomic E-state index is -0.587. The quantitative estimate of drug-likeness (QED) is 0.605. The Labute approximate surface area is 101 Å². The van der Waals surface area contributed by atoms with E-state index >= 15 is 0 Å². The molecule has 0 fully saturated rings. The van der Waals surface area contributed by atoms with Gasteiger partial charge < -0.3 is 0 Å². The second kappa shape index (κ2) is 4.34. The smallest absolute Gasteiger partial charge is 0.267 e. The van der Waals surface area contributed by atoms with Crippen molar-refractivity contribution in [3.8, 4) is 0 Å². The zero-order valence-electron chi connectivity index (χ0n) is 8.41. The van der Waals surface area contributed by atoms with E-state index < -0.39 is 10.8 Å². The van der Waals surface area contributed by atoms with Gasteiger partial charge in [0.25, 0.3) is 11.6 Å². The molecule has 0 N–H and O–H groups in total. The fourth-order valence-electron chi connectivity index (χ4n) is 1.30. The number of rotatable bonds is 2. The molecule has 2 aromatic rings. The summed E-state index contributed by atoms with van der Waals surface area (Å²) in [7, 11) is 0. The number of nitro benzene ring substituents is 1. The Morgan fingerprint density at radius 2 is 2.24 bits per heavy atom. The van der Waals surface area contributed by atoms with E-state index in [-0.39, 0.29) is 16.3 Å². The number of benzene rings is 1. The third-order valence-corrected chi connectivity index (χ3v) is 2.43. The van der Waals surface area contributed by atoms with Crippen molar-refractivity contribution >= 4 is 23.2 Å². The molecule has 6 nitrogen and oxygen atoms in total. The summed E-state index contributed by atoms with van der Waals surface area (Å²) in [6.07, 6.45) is 2.88. The van der Waals surface area contributed by atoms with Crippen LogP contribution in [-0.4, -0.2) is 20.6 Å². The monoisotopic (exact) mass is 251 g/mol. The van der Waals surface area contributed by atoms with Crippen LogP contribution in [0.5, 0.6) is 0 Å². The van der Waals surface area contributed by atoms with Crippen LogP contribution in [-0.2, 0) is 0 Å². The topological polar surface area (TPSA) is 78.0 Å². The lowest BCUT2D eigenvalue weighted by molar-refractivity contribution is -0.384. The van der Waals surface area contributed by atoms with E-state index in [0.29, 0.717) is 0 Å². The van der Waals surface area contributed by atoms with Crippen LogP contribution in [0, 0.1) is 10.1 Å². The molecule has 86 valence electrons. The first-order chi connectivity index (χ1) is 8.09. The molecule has 0 amide bonds. The Morgan fingerprint density at radius 1 is 1.47 bits per heavy atom. The highest BCUT2D eigenvalue weighted by atomic mass is 35.5. The summed E-state index contributed by atoms with van der Waals surface area (Å²) in [5, 5.41) is 14.5. The summed E-state index contributed by atoms with van der Waals surface area (Å²) < 4.78 is 1.06. The molecular formula is C10H6ClN3O3. The van der Waals surface area contributed by atoms with Gasteiger partial charge in [0.15, 0.2) is 0 Å². The first-order valence-corrected chi connectivity index (χ1v) is 4.95. The van der Waals surface area contributed by atoms with E-state index in [9.17, 15) is 14.9 Å². The van der Waals surface area contributed by atoms with E-state index in [0.717, 1.165) is 10.7 Å². The van der Waals surface area contributed by atoms with E-state index in [1.165, 1.54) is 24.5 Å². The minimum Gasteiger partial charge on any atom is -0.267 e. The van der Waals surface area contributed by atoms with Gasteiger partial charge in [-0.1, -0.05) is 11.6 Å². The molecule has 0 saturated carbocycles. The van der Waals surface area contributed by atoms with Gasteiger partial charge in [-0.3, -0.25) is 14.9 Å². The number of carbonyl (C=O) groups excluding carboxylic acids is 1. The molecule has 2 rings (SSSR count).